The van der Waals surface area contributed by atoms with Crippen molar-refractivity contribution in [2.24, 2.45) is 5.16 Å². The summed E-state index contributed by atoms with van der Waals surface area (Å²) < 4.78 is 5.40. The number of benzene rings is 2. The van der Waals surface area contributed by atoms with Crippen LogP contribution in [0.15, 0.2) is 70.4 Å². The lowest BCUT2D eigenvalue weighted by atomic mass is 9.92. The van der Waals surface area contributed by atoms with Gasteiger partial charge in [0.05, 0.1) is 5.71 Å². The highest BCUT2D eigenvalue weighted by Crippen LogP contribution is 2.27. The van der Waals surface area contributed by atoms with Crippen LogP contribution in [0, 0.1) is 13.8 Å². The minimum absolute atomic E-state index is 0.0647. The number of rotatable bonds is 8. The minimum Gasteiger partial charge on any atom is -0.481 e. The van der Waals surface area contributed by atoms with E-state index in [0.717, 1.165) is 33.5 Å². The van der Waals surface area contributed by atoms with Crippen LogP contribution in [0.4, 0.5) is 0 Å². The number of carbonyl (C=O) groups is 1. The molecule has 0 unspecified atom stereocenters. The first kappa shape index (κ1) is 22.8. The lowest BCUT2D eigenvalue weighted by Crippen LogP contribution is -2.06. The number of hydrogen-bond acceptors (Lipinski definition) is 7. The first-order valence-corrected chi connectivity index (χ1v) is 10.8. The Kier molecular flexibility index (Phi) is 6.77. The molecule has 8 nitrogen and oxygen atoms in total. The topological polar surface area (TPSA) is 122 Å². The maximum atomic E-state index is 10.8. The quantitative estimate of drug-likeness (QED) is 0.221. The summed E-state index contributed by atoms with van der Waals surface area (Å²) in [4.78, 5) is 15.0. The molecule has 0 aliphatic heterocycles. The van der Waals surface area contributed by atoms with Gasteiger partial charge in [-0.2, -0.15) is 0 Å². The van der Waals surface area contributed by atoms with E-state index in [4.69, 9.17) is 9.52 Å². The van der Waals surface area contributed by atoms with Gasteiger partial charge in [-0.25, -0.2) is 0 Å². The van der Waals surface area contributed by atoms with Crippen LogP contribution in [0.25, 0.3) is 22.6 Å². The van der Waals surface area contributed by atoms with Gasteiger partial charge in [-0.1, -0.05) is 35.5 Å². The van der Waals surface area contributed by atoms with Crippen molar-refractivity contribution in [3.8, 4) is 22.6 Å². The summed E-state index contributed by atoms with van der Waals surface area (Å²) in [6.07, 6.45) is 2.71. The zero-order valence-corrected chi connectivity index (χ0v) is 18.9. The van der Waals surface area contributed by atoms with Crippen LogP contribution < -0.4 is 0 Å². The lowest BCUT2D eigenvalue weighted by Gasteiger charge is -2.13. The minimum atomic E-state index is -1.02. The maximum Gasteiger partial charge on any atom is 0.312 e. The molecule has 4 rings (SSSR count). The lowest BCUT2D eigenvalue weighted by molar-refractivity contribution is -0.136. The fourth-order valence-electron chi connectivity index (χ4n) is 3.86. The van der Waals surface area contributed by atoms with E-state index in [1.807, 2.05) is 62.4 Å². The molecule has 0 radical (unpaired) electrons. The van der Waals surface area contributed by atoms with Gasteiger partial charge in [0.1, 0.15) is 6.42 Å². The fourth-order valence-corrected chi connectivity index (χ4v) is 3.86. The summed E-state index contributed by atoms with van der Waals surface area (Å²) in [5.74, 6) is -0.683. The molecule has 8 heteroatoms. The zero-order valence-electron chi connectivity index (χ0n) is 18.9. The van der Waals surface area contributed by atoms with E-state index in [1.54, 1.807) is 6.20 Å². The fraction of sp³-hybridized carbons (Fsp3) is 0.192. The van der Waals surface area contributed by atoms with E-state index in [9.17, 15) is 10.0 Å². The molecule has 0 aliphatic rings. The molecule has 0 aliphatic carbocycles. The third-order valence-corrected chi connectivity index (χ3v) is 5.59. The van der Waals surface area contributed by atoms with Crippen molar-refractivity contribution < 1.29 is 19.5 Å². The smallest absolute Gasteiger partial charge is 0.312 e. The van der Waals surface area contributed by atoms with Crippen LogP contribution in [-0.2, 0) is 17.6 Å². The van der Waals surface area contributed by atoms with E-state index >= 15 is 0 Å². The highest BCUT2D eigenvalue weighted by atomic mass is 16.4. The summed E-state index contributed by atoms with van der Waals surface area (Å²) in [6.45, 7) is 3.99. The van der Waals surface area contributed by atoms with E-state index in [-0.39, 0.29) is 18.2 Å². The number of pyridine rings is 1. The molecule has 172 valence electrons. The highest BCUT2D eigenvalue weighted by molar-refractivity contribution is 6.02. The molecular weight excluding hydrogens is 432 g/mol. The van der Waals surface area contributed by atoms with Crippen LogP contribution in [-0.4, -0.2) is 37.2 Å². The Morgan fingerprint density at radius 3 is 2.53 bits per heavy atom. The Morgan fingerprint density at radius 2 is 1.82 bits per heavy atom. The zero-order chi connectivity index (χ0) is 24.1. The molecule has 0 spiro atoms. The second kappa shape index (κ2) is 10.1. The predicted molar refractivity (Wildman–Crippen MR) is 127 cm³/mol. The molecule has 2 N–H and O–H groups in total. The second-order valence-corrected chi connectivity index (χ2v) is 7.98. The Balaban J connectivity index is 1.47. The van der Waals surface area contributed by atoms with Crippen LogP contribution in [0.1, 0.15) is 34.7 Å². The van der Waals surface area contributed by atoms with Gasteiger partial charge in [0, 0.05) is 23.0 Å². The van der Waals surface area contributed by atoms with Crippen molar-refractivity contribution >= 4 is 11.7 Å². The third-order valence-electron chi connectivity index (χ3n) is 5.59. The largest absolute Gasteiger partial charge is 0.481 e. The summed E-state index contributed by atoms with van der Waals surface area (Å²) in [5, 5.41) is 29.9. The predicted octanol–water partition coefficient (Wildman–Crippen LogP) is 4.85. The maximum absolute atomic E-state index is 10.8. The van der Waals surface area contributed by atoms with E-state index in [1.165, 1.54) is 0 Å². The molecule has 0 fully saturated rings. The summed E-state index contributed by atoms with van der Waals surface area (Å²) in [7, 11) is 0. The van der Waals surface area contributed by atoms with Gasteiger partial charge >= 0.3 is 5.97 Å². The van der Waals surface area contributed by atoms with Crippen LogP contribution in [0.5, 0.6) is 0 Å². The van der Waals surface area contributed by atoms with E-state index in [0.29, 0.717) is 24.1 Å². The summed E-state index contributed by atoms with van der Waals surface area (Å²) >= 11 is 0. The van der Waals surface area contributed by atoms with Gasteiger partial charge in [0.2, 0.25) is 11.8 Å². The van der Waals surface area contributed by atoms with Crippen molar-refractivity contribution in [2.45, 2.75) is 33.1 Å². The molecule has 0 bridgehead atoms. The Labute approximate surface area is 196 Å². The van der Waals surface area contributed by atoms with E-state index in [2.05, 4.69) is 26.4 Å². The average molecular weight is 457 g/mol. The molecule has 0 atom stereocenters. The van der Waals surface area contributed by atoms with Crippen molar-refractivity contribution in [3.63, 3.8) is 0 Å². The van der Waals surface area contributed by atoms with Crippen LogP contribution in [0.3, 0.4) is 0 Å². The van der Waals surface area contributed by atoms with Gasteiger partial charge in [0.25, 0.3) is 0 Å². The van der Waals surface area contributed by atoms with Crippen molar-refractivity contribution in [1.82, 2.24) is 15.2 Å². The van der Waals surface area contributed by atoms with Crippen LogP contribution in [0.2, 0.25) is 0 Å². The molecule has 0 saturated carbocycles. The number of carboxylic acids is 1. The molecule has 2 aromatic heterocycles. The van der Waals surface area contributed by atoms with E-state index < -0.39 is 5.97 Å². The normalized spacial score (nSPS) is 11.5. The number of aliphatic carboxylic acids is 1. The molecule has 0 saturated heterocycles. The molecule has 0 amide bonds. The van der Waals surface area contributed by atoms with Crippen molar-refractivity contribution in [2.75, 3.05) is 0 Å². The Morgan fingerprint density at radius 1 is 1.03 bits per heavy atom. The molecule has 2 heterocycles. The monoisotopic (exact) mass is 456 g/mol. The van der Waals surface area contributed by atoms with Crippen molar-refractivity contribution in [1.29, 1.82) is 0 Å². The first-order chi connectivity index (χ1) is 16.4. The average Bonchev–Trinajstić information content (AvgIpc) is 3.28. The van der Waals surface area contributed by atoms with Gasteiger partial charge in [0.15, 0.2) is 0 Å². The number of hydrogen-bond donors (Lipinski definition) is 2. The van der Waals surface area contributed by atoms with Gasteiger partial charge in [-0.3, -0.25) is 9.78 Å². The Bertz CT molecular complexity index is 1340. The third kappa shape index (κ3) is 5.17. The molecule has 2 aromatic carbocycles. The second-order valence-electron chi connectivity index (χ2n) is 7.98. The Hall–Kier alpha value is -4.33. The molecule has 34 heavy (non-hydrogen) atoms. The number of carboxylic acid groups (broad SMARTS) is 1. The van der Waals surface area contributed by atoms with Gasteiger partial charge in [-0.05, 0) is 73.2 Å². The van der Waals surface area contributed by atoms with Crippen LogP contribution >= 0.6 is 0 Å². The SMILES string of the molecule is Cc1cc(-c2cccc(/C(CCc3ccc(-c4nnc(CC(=O)O)o4)cc3)=N/O)c2C)ccn1. The number of aromatic nitrogens is 3. The number of nitrogens with zero attached hydrogens (tertiary/aromatic N) is 4. The summed E-state index contributed by atoms with van der Waals surface area (Å²) in [5.41, 5.74) is 7.43. The summed E-state index contributed by atoms with van der Waals surface area (Å²) in [6, 6.07) is 17.6. The number of oxime groups is 1. The standard InChI is InChI=1S/C26H24N4O4/c1-16-14-20(12-13-27-16)21-4-3-5-22(17(21)2)23(30-33)11-8-18-6-9-19(10-7-18)26-29-28-24(34-26)15-25(31)32/h3-7,9-10,12-14,33H,8,11,15H2,1-2H3,(H,31,32)/b30-23+. The van der Waals surface area contributed by atoms with Crippen molar-refractivity contribution in [3.05, 3.63) is 89.1 Å². The first-order valence-electron chi connectivity index (χ1n) is 10.8. The molecular formula is C26H24N4O4. The van der Waals surface area contributed by atoms with Gasteiger partial charge < -0.3 is 14.7 Å². The molecule has 4 aromatic rings. The number of aryl methyl sites for hydroxylation is 2. The van der Waals surface area contributed by atoms with Gasteiger partial charge in [-0.15, -0.1) is 10.2 Å². The highest BCUT2D eigenvalue weighted by Gasteiger charge is 2.14.